The third-order valence-corrected chi connectivity index (χ3v) is 8.15. The van der Waals surface area contributed by atoms with Crippen LogP contribution >= 0.6 is 0 Å². The third-order valence-electron chi connectivity index (χ3n) is 7.28. The highest BCUT2D eigenvalue weighted by molar-refractivity contribution is 7.85. The maximum Gasteiger partial charge on any atom is 0.294 e. The van der Waals surface area contributed by atoms with Gasteiger partial charge in [-0.05, 0) is 75.6 Å². The lowest BCUT2D eigenvalue weighted by atomic mass is 9.82. The summed E-state index contributed by atoms with van der Waals surface area (Å²) >= 11 is 0. The smallest absolute Gasteiger partial charge is 0.294 e. The van der Waals surface area contributed by atoms with E-state index in [1.807, 2.05) is 11.8 Å². The molecule has 2 saturated heterocycles. The molecule has 8 nitrogen and oxygen atoms in total. The van der Waals surface area contributed by atoms with Crippen molar-refractivity contribution in [1.82, 2.24) is 10.2 Å². The lowest BCUT2D eigenvalue weighted by molar-refractivity contribution is -0.140. The Morgan fingerprint density at radius 2 is 1.59 bits per heavy atom. The lowest BCUT2D eigenvalue weighted by Crippen LogP contribution is -2.55. The zero-order chi connectivity index (χ0) is 29.1. The van der Waals surface area contributed by atoms with Crippen LogP contribution in [0, 0.1) is 30.3 Å². The number of hydrogen-bond donors (Lipinski definition) is 3. The molecule has 0 aromatic heterocycles. The number of nitrogens with zero attached hydrogens (tertiary/aromatic N) is 1. The van der Waals surface area contributed by atoms with Gasteiger partial charge in [-0.3, -0.25) is 14.1 Å². The van der Waals surface area contributed by atoms with Gasteiger partial charge < -0.3 is 16.0 Å². The molecule has 214 valence electrons. The number of carbonyl (C=O) groups is 2. The first-order valence-electron chi connectivity index (χ1n) is 12.7. The Hall–Kier alpha value is -2.96. The van der Waals surface area contributed by atoms with E-state index in [0.29, 0.717) is 18.9 Å². The van der Waals surface area contributed by atoms with Crippen molar-refractivity contribution in [3.8, 4) is 0 Å². The normalized spacial score (nSPS) is 21.9. The molecule has 2 aliphatic heterocycles. The Kier molecular flexibility index (Phi) is 9.78. The van der Waals surface area contributed by atoms with Gasteiger partial charge in [-0.2, -0.15) is 8.42 Å². The second-order valence-corrected chi connectivity index (χ2v) is 11.7. The number of nitrogens with two attached hydrogens (primary N) is 1. The summed E-state index contributed by atoms with van der Waals surface area (Å²) in [7, 11) is -4.02. The van der Waals surface area contributed by atoms with E-state index < -0.39 is 39.7 Å². The fraction of sp³-hybridized carbons (Fsp3) is 0.481. The maximum absolute atomic E-state index is 13.9. The molecule has 2 heterocycles. The highest BCUT2D eigenvalue weighted by Gasteiger charge is 2.45. The number of nitrogens with one attached hydrogen (secondary N) is 1. The van der Waals surface area contributed by atoms with Gasteiger partial charge in [0.25, 0.3) is 10.1 Å². The number of carbonyl (C=O) groups excluding carboxylic acids is 2. The minimum Gasteiger partial charge on any atom is -0.345 e. The highest BCUT2D eigenvalue weighted by atomic mass is 32.2. The van der Waals surface area contributed by atoms with Gasteiger partial charge in [0.05, 0.1) is 4.90 Å². The molecular formula is C27H34F3N3O5S. The molecular weight excluding hydrogens is 535 g/mol. The summed E-state index contributed by atoms with van der Waals surface area (Å²) in [4.78, 5) is 25.8. The van der Waals surface area contributed by atoms with Gasteiger partial charge in [0, 0.05) is 31.1 Å². The van der Waals surface area contributed by atoms with E-state index in [1.54, 1.807) is 19.1 Å². The molecule has 2 amide bonds. The molecule has 2 aromatic rings. The SMILES string of the molecule is CC(=O)N[C@@H](C)C(=O)N1[C@@H]2CC[C@H]1CC([C@H](N)Cc1cc(F)c(F)cc1F)C2.Cc1ccc(S(=O)(=O)O)cc1. The molecule has 1 unspecified atom stereocenters. The van der Waals surface area contributed by atoms with Gasteiger partial charge in [-0.25, -0.2) is 13.2 Å². The fourth-order valence-corrected chi connectivity index (χ4v) is 5.85. The number of aryl methyl sites for hydroxylation is 1. The molecule has 2 aliphatic rings. The number of hydrogen-bond acceptors (Lipinski definition) is 5. The van der Waals surface area contributed by atoms with E-state index in [0.717, 1.165) is 24.5 Å². The number of halogens is 3. The second-order valence-electron chi connectivity index (χ2n) is 10.3. The number of piperidine rings is 1. The molecule has 0 spiro atoms. The van der Waals surface area contributed by atoms with Crippen molar-refractivity contribution in [1.29, 1.82) is 0 Å². The Balaban J connectivity index is 0.000000320. The predicted molar refractivity (Wildman–Crippen MR) is 139 cm³/mol. The van der Waals surface area contributed by atoms with E-state index in [4.69, 9.17) is 10.3 Å². The minimum atomic E-state index is -4.02. The molecule has 4 rings (SSSR count). The van der Waals surface area contributed by atoms with Crippen LogP contribution in [0.1, 0.15) is 50.7 Å². The molecule has 5 atom stereocenters. The third kappa shape index (κ3) is 7.80. The zero-order valence-corrected chi connectivity index (χ0v) is 22.8. The van der Waals surface area contributed by atoms with E-state index in [-0.39, 0.29) is 46.7 Å². The summed E-state index contributed by atoms with van der Waals surface area (Å²) in [5.74, 6) is -3.39. The Bertz CT molecular complexity index is 1290. The zero-order valence-electron chi connectivity index (χ0n) is 22.0. The predicted octanol–water partition coefficient (Wildman–Crippen LogP) is 3.51. The Morgan fingerprint density at radius 1 is 1.05 bits per heavy atom. The van der Waals surface area contributed by atoms with Crippen molar-refractivity contribution in [2.45, 2.75) is 81.9 Å². The van der Waals surface area contributed by atoms with Crippen LogP contribution < -0.4 is 11.1 Å². The maximum atomic E-state index is 13.9. The molecule has 2 bridgehead atoms. The lowest BCUT2D eigenvalue weighted by Gasteiger charge is -2.42. The van der Waals surface area contributed by atoms with Crippen LogP contribution in [0.4, 0.5) is 13.2 Å². The average molecular weight is 570 g/mol. The van der Waals surface area contributed by atoms with E-state index in [2.05, 4.69) is 5.32 Å². The van der Waals surface area contributed by atoms with Crippen LogP contribution in [0.3, 0.4) is 0 Å². The largest absolute Gasteiger partial charge is 0.345 e. The number of fused-ring (bicyclic) bond motifs is 2. The molecule has 0 saturated carbocycles. The minimum absolute atomic E-state index is 0.0355. The van der Waals surface area contributed by atoms with Crippen LogP contribution in [0.15, 0.2) is 41.3 Å². The van der Waals surface area contributed by atoms with Crippen LogP contribution in [0.5, 0.6) is 0 Å². The quantitative estimate of drug-likeness (QED) is 0.361. The first-order valence-corrected chi connectivity index (χ1v) is 14.1. The van der Waals surface area contributed by atoms with E-state index in [1.165, 1.54) is 19.1 Å². The summed E-state index contributed by atoms with van der Waals surface area (Å²) in [5, 5.41) is 2.63. The molecule has 0 radical (unpaired) electrons. The molecule has 39 heavy (non-hydrogen) atoms. The van der Waals surface area contributed by atoms with Gasteiger partial charge in [0.15, 0.2) is 11.6 Å². The molecule has 2 fully saturated rings. The number of benzene rings is 2. The molecule has 2 aromatic carbocycles. The van der Waals surface area contributed by atoms with E-state index >= 15 is 0 Å². The van der Waals surface area contributed by atoms with Crippen molar-refractivity contribution in [2.24, 2.45) is 11.7 Å². The van der Waals surface area contributed by atoms with E-state index in [9.17, 15) is 31.2 Å². The summed E-state index contributed by atoms with van der Waals surface area (Å²) in [5.41, 5.74) is 7.32. The topological polar surface area (TPSA) is 130 Å². The van der Waals surface area contributed by atoms with Gasteiger partial charge in [-0.15, -0.1) is 0 Å². The average Bonchev–Trinajstić information content (AvgIpc) is 3.10. The van der Waals surface area contributed by atoms with Gasteiger partial charge >= 0.3 is 0 Å². The van der Waals surface area contributed by atoms with Crippen molar-refractivity contribution >= 4 is 21.9 Å². The van der Waals surface area contributed by atoms with Crippen molar-refractivity contribution in [2.75, 3.05) is 0 Å². The van der Waals surface area contributed by atoms with Gasteiger partial charge in [0.2, 0.25) is 11.8 Å². The van der Waals surface area contributed by atoms with Gasteiger partial charge in [-0.1, -0.05) is 17.7 Å². The highest BCUT2D eigenvalue weighted by Crippen LogP contribution is 2.40. The Morgan fingerprint density at radius 3 is 2.10 bits per heavy atom. The van der Waals surface area contributed by atoms with Crippen LogP contribution in [-0.4, -0.2) is 53.9 Å². The summed E-state index contributed by atoms with van der Waals surface area (Å²) in [6, 6.07) is 6.48. The molecule has 4 N–H and O–H groups in total. The standard InChI is InChI=1S/C20H26F3N3O2.C7H8O3S/c1-10(25-11(2)27)20(28)26-14-3-4-15(26)6-13(5-14)19(24)8-12-7-17(22)18(23)9-16(12)21;1-6-2-4-7(5-3-6)11(8,9)10/h7,9-10,13-15,19H,3-6,8,24H2,1-2H3,(H,25,27);2-5H,1H3,(H,8,9,10)/t10-,13?,14-,15+,19+;/m0./s1. The first-order chi connectivity index (χ1) is 18.2. The summed E-state index contributed by atoms with van der Waals surface area (Å²) in [6.45, 7) is 4.89. The monoisotopic (exact) mass is 569 g/mol. The van der Waals surface area contributed by atoms with Crippen molar-refractivity contribution in [3.63, 3.8) is 0 Å². The number of rotatable bonds is 6. The summed E-state index contributed by atoms with van der Waals surface area (Å²) in [6.07, 6.45) is 3.21. The van der Waals surface area contributed by atoms with Gasteiger partial charge in [0.1, 0.15) is 11.9 Å². The van der Waals surface area contributed by atoms with Crippen molar-refractivity contribution < 1.29 is 35.7 Å². The van der Waals surface area contributed by atoms with Crippen LogP contribution in [0.25, 0.3) is 0 Å². The Labute approximate surface area is 226 Å². The molecule has 0 aliphatic carbocycles. The fourth-order valence-electron chi connectivity index (χ4n) is 5.37. The van der Waals surface area contributed by atoms with Crippen molar-refractivity contribution in [3.05, 3.63) is 65.0 Å². The first kappa shape index (κ1) is 30.6. The second kappa shape index (κ2) is 12.5. The van der Waals surface area contributed by atoms with Crippen LogP contribution in [0.2, 0.25) is 0 Å². The molecule has 12 heteroatoms. The summed E-state index contributed by atoms with van der Waals surface area (Å²) < 4.78 is 70.0. The van der Waals surface area contributed by atoms with Crippen LogP contribution in [-0.2, 0) is 26.1 Å². The number of amides is 2.